The van der Waals surface area contributed by atoms with Crippen LogP contribution in [0.5, 0.6) is 5.75 Å². The predicted octanol–water partition coefficient (Wildman–Crippen LogP) is 5.76. The summed E-state index contributed by atoms with van der Waals surface area (Å²) >= 11 is 13.4. The van der Waals surface area contributed by atoms with Gasteiger partial charge in [0.05, 0.1) is 30.5 Å². The smallest absolute Gasteiger partial charge is 0.253 e. The number of nitrogens with one attached hydrogen (secondary N) is 1. The Balaban J connectivity index is 1.24. The van der Waals surface area contributed by atoms with Crippen LogP contribution in [0.3, 0.4) is 0 Å². The standard InChI is InChI=1S/C36H37Cl2N5O5/c1-23-20-30(43-16-18-47-19-17-43)26-6-5-7-31(35(26)40-23)48-22-27-28(37)13-14-29(34(27)38)42(4)33(45)21-39-32(44)15-10-24-8-11-25(12-9-24)36(46)41(2)3/h5-15,20H,16-19,21-22H2,1-4H3,(H,39,44)/b15-10+. The molecule has 1 fully saturated rings. The maximum atomic E-state index is 13.1. The highest BCUT2D eigenvalue weighted by Gasteiger charge is 2.21. The number of rotatable bonds is 10. The van der Waals surface area contributed by atoms with Crippen molar-refractivity contribution in [1.29, 1.82) is 0 Å². The van der Waals surface area contributed by atoms with Crippen molar-refractivity contribution in [1.82, 2.24) is 15.2 Å². The molecule has 0 spiro atoms. The third kappa shape index (κ3) is 8.07. The highest BCUT2D eigenvalue weighted by atomic mass is 35.5. The normalized spacial score (nSPS) is 13.1. The van der Waals surface area contributed by atoms with Crippen LogP contribution in [0.4, 0.5) is 11.4 Å². The van der Waals surface area contributed by atoms with Crippen molar-refractivity contribution in [3.8, 4) is 5.75 Å². The number of amides is 3. The van der Waals surface area contributed by atoms with Gasteiger partial charge in [0.1, 0.15) is 17.9 Å². The molecule has 0 atom stereocenters. The highest BCUT2D eigenvalue weighted by Crippen LogP contribution is 2.37. The summed E-state index contributed by atoms with van der Waals surface area (Å²) < 4.78 is 11.8. The van der Waals surface area contributed by atoms with E-state index in [1.165, 1.54) is 15.9 Å². The number of carbonyl (C=O) groups is 3. The van der Waals surface area contributed by atoms with E-state index in [0.717, 1.165) is 40.9 Å². The summed E-state index contributed by atoms with van der Waals surface area (Å²) in [7, 11) is 4.94. The van der Waals surface area contributed by atoms with Crippen molar-refractivity contribution in [3.63, 3.8) is 0 Å². The van der Waals surface area contributed by atoms with Gasteiger partial charge in [-0.1, -0.05) is 47.5 Å². The van der Waals surface area contributed by atoms with E-state index >= 15 is 0 Å². The Morgan fingerprint density at radius 2 is 1.75 bits per heavy atom. The topological polar surface area (TPSA) is 104 Å². The van der Waals surface area contributed by atoms with Gasteiger partial charge in [-0.25, -0.2) is 4.98 Å². The molecule has 5 rings (SSSR count). The van der Waals surface area contributed by atoms with Crippen molar-refractivity contribution in [2.75, 3.05) is 63.8 Å². The van der Waals surface area contributed by atoms with Gasteiger partial charge in [-0.2, -0.15) is 0 Å². The Labute approximate surface area is 289 Å². The Morgan fingerprint density at radius 3 is 2.46 bits per heavy atom. The number of benzene rings is 3. The van der Waals surface area contributed by atoms with E-state index in [1.807, 2.05) is 25.1 Å². The van der Waals surface area contributed by atoms with Crippen molar-refractivity contribution < 1.29 is 23.9 Å². The lowest BCUT2D eigenvalue weighted by molar-refractivity contribution is -0.122. The zero-order valence-corrected chi connectivity index (χ0v) is 28.8. The van der Waals surface area contributed by atoms with Gasteiger partial charge in [-0.05, 0) is 55.0 Å². The van der Waals surface area contributed by atoms with Gasteiger partial charge in [0.15, 0.2) is 0 Å². The molecule has 0 aliphatic carbocycles. The lowest BCUT2D eigenvalue weighted by atomic mass is 10.1. The number of halogens is 2. The largest absolute Gasteiger partial charge is 0.487 e. The molecule has 12 heteroatoms. The van der Waals surface area contributed by atoms with Gasteiger partial charge in [-0.15, -0.1) is 0 Å². The summed E-state index contributed by atoms with van der Waals surface area (Å²) in [5.41, 5.74) is 4.90. The lowest BCUT2D eigenvalue weighted by Gasteiger charge is -2.30. The van der Waals surface area contributed by atoms with Crippen LogP contribution in [0.25, 0.3) is 17.0 Å². The average molecular weight is 691 g/mol. The van der Waals surface area contributed by atoms with Crippen molar-refractivity contribution in [2.24, 2.45) is 0 Å². The molecule has 1 saturated heterocycles. The molecule has 1 aliphatic heterocycles. The van der Waals surface area contributed by atoms with E-state index in [4.69, 9.17) is 37.7 Å². The molecular formula is C36H37Cl2N5O5. The first-order chi connectivity index (χ1) is 23.0. The number of fused-ring (bicyclic) bond motifs is 1. The first-order valence-corrected chi connectivity index (χ1v) is 16.2. The summed E-state index contributed by atoms with van der Waals surface area (Å²) in [6, 6.07) is 18.1. The van der Waals surface area contributed by atoms with E-state index in [2.05, 4.69) is 16.3 Å². The number of para-hydroxylation sites is 1. The van der Waals surface area contributed by atoms with E-state index < -0.39 is 5.91 Å². The second-order valence-electron chi connectivity index (χ2n) is 11.5. The lowest BCUT2D eigenvalue weighted by Crippen LogP contribution is -2.37. The molecule has 48 heavy (non-hydrogen) atoms. The van der Waals surface area contributed by atoms with Crippen molar-refractivity contribution in [3.05, 3.63) is 99.2 Å². The van der Waals surface area contributed by atoms with Gasteiger partial charge in [-0.3, -0.25) is 14.4 Å². The number of aryl methyl sites for hydroxylation is 1. The molecule has 4 aromatic rings. The maximum absolute atomic E-state index is 13.1. The summed E-state index contributed by atoms with van der Waals surface area (Å²) in [6.45, 7) is 4.68. The molecule has 3 amide bonds. The number of aromatic nitrogens is 1. The minimum absolute atomic E-state index is 0.0426. The molecule has 0 radical (unpaired) electrons. The van der Waals surface area contributed by atoms with Gasteiger partial charge in [0, 0.05) is 73.2 Å². The Kier molecular flexibility index (Phi) is 11.2. The summed E-state index contributed by atoms with van der Waals surface area (Å²) in [5, 5.41) is 4.23. The number of hydrogen-bond acceptors (Lipinski definition) is 7. The maximum Gasteiger partial charge on any atom is 0.253 e. The Morgan fingerprint density at radius 1 is 1.02 bits per heavy atom. The number of nitrogens with zero attached hydrogens (tertiary/aromatic N) is 4. The SMILES string of the molecule is Cc1cc(N2CCOCC2)c2cccc(OCc3c(Cl)ccc(N(C)C(=O)CNC(=O)/C=C/c4ccc(C(=O)N(C)C)cc4)c3Cl)c2n1. The molecule has 1 N–H and O–H groups in total. The van der Waals surface area contributed by atoms with E-state index in [-0.39, 0.29) is 30.0 Å². The molecule has 0 unspecified atom stereocenters. The Hall–Kier alpha value is -4.64. The van der Waals surface area contributed by atoms with E-state index in [1.54, 1.807) is 63.6 Å². The monoisotopic (exact) mass is 689 g/mol. The van der Waals surface area contributed by atoms with Gasteiger partial charge in [0.25, 0.3) is 5.91 Å². The summed E-state index contributed by atoms with van der Waals surface area (Å²) in [4.78, 5) is 47.5. The molecule has 10 nitrogen and oxygen atoms in total. The number of pyridine rings is 1. The molecule has 0 bridgehead atoms. The van der Waals surface area contributed by atoms with E-state index in [0.29, 0.717) is 40.8 Å². The van der Waals surface area contributed by atoms with Gasteiger partial charge in [0.2, 0.25) is 11.8 Å². The molecular weight excluding hydrogens is 653 g/mol. The fourth-order valence-corrected chi connectivity index (χ4v) is 5.89. The molecule has 1 aromatic heterocycles. The van der Waals surface area contributed by atoms with Gasteiger partial charge >= 0.3 is 0 Å². The van der Waals surface area contributed by atoms with Crippen LogP contribution in [0.1, 0.15) is 27.2 Å². The number of ether oxygens (including phenoxy) is 2. The van der Waals surface area contributed by atoms with Gasteiger partial charge < -0.3 is 29.5 Å². The zero-order valence-electron chi connectivity index (χ0n) is 27.3. The number of morpholine rings is 1. The predicted molar refractivity (Wildman–Crippen MR) is 190 cm³/mol. The van der Waals surface area contributed by atoms with Crippen molar-refractivity contribution >= 4 is 69.3 Å². The fraction of sp³-hybridized carbons (Fsp3) is 0.278. The minimum atomic E-state index is -0.447. The van der Waals surface area contributed by atoms with Crippen molar-refractivity contribution in [2.45, 2.75) is 13.5 Å². The quantitative estimate of drug-likeness (QED) is 0.211. The van der Waals surface area contributed by atoms with Crippen LogP contribution in [-0.2, 0) is 20.9 Å². The number of anilines is 2. The van der Waals surface area contributed by atoms with Crippen LogP contribution in [-0.4, -0.2) is 81.6 Å². The fourth-order valence-electron chi connectivity index (χ4n) is 5.28. The first-order valence-electron chi connectivity index (χ1n) is 15.4. The summed E-state index contributed by atoms with van der Waals surface area (Å²) in [6.07, 6.45) is 2.93. The molecule has 1 aliphatic rings. The third-order valence-electron chi connectivity index (χ3n) is 7.94. The van der Waals surface area contributed by atoms with E-state index in [9.17, 15) is 14.4 Å². The zero-order chi connectivity index (χ0) is 34.4. The molecule has 0 saturated carbocycles. The first kappa shape index (κ1) is 34.7. The second kappa shape index (κ2) is 15.5. The van der Waals surface area contributed by atoms with Crippen LogP contribution >= 0.6 is 23.2 Å². The minimum Gasteiger partial charge on any atom is -0.487 e. The Bertz CT molecular complexity index is 1860. The molecule has 2 heterocycles. The summed E-state index contributed by atoms with van der Waals surface area (Å²) in [5.74, 6) is -0.357. The average Bonchev–Trinajstić information content (AvgIpc) is 3.09. The molecule has 3 aromatic carbocycles. The molecule has 250 valence electrons. The number of carbonyl (C=O) groups excluding carboxylic acids is 3. The highest BCUT2D eigenvalue weighted by molar-refractivity contribution is 6.38. The van der Waals surface area contributed by atoms with Crippen LogP contribution in [0.15, 0.2) is 66.7 Å². The van der Waals surface area contributed by atoms with Crippen LogP contribution in [0.2, 0.25) is 10.0 Å². The number of hydrogen-bond donors (Lipinski definition) is 1. The van der Waals surface area contributed by atoms with Crippen LogP contribution < -0.4 is 19.9 Å². The third-order valence-corrected chi connectivity index (χ3v) is 8.71. The second-order valence-corrected chi connectivity index (χ2v) is 12.3. The van der Waals surface area contributed by atoms with Crippen LogP contribution in [0, 0.1) is 6.92 Å². The number of likely N-dealkylation sites (N-methyl/N-ethyl adjacent to an activating group) is 1.